The van der Waals surface area contributed by atoms with Gasteiger partial charge in [0.15, 0.2) is 0 Å². The van der Waals surface area contributed by atoms with Gasteiger partial charge in [-0.15, -0.1) is 16.1 Å². The summed E-state index contributed by atoms with van der Waals surface area (Å²) < 4.78 is 11.8. The lowest BCUT2D eigenvalue weighted by Crippen LogP contribution is -2.36. The molecule has 0 N–H and O–H groups in total. The molecule has 2 fully saturated rings. The second-order valence-corrected chi connectivity index (χ2v) is 11.3. The molecule has 0 saturated carbocycles. The summed E-state index contributed by atoms with van der Waals surface area (Å²) in [7, 11) is 0. The van der Waals surface area contributed by atoms with Crippen LogP contribution in [0.25, 0.3) is 22.6 Å². The summed E-state index contributed by atoms with van der Waals surface area (Å²) in [6.45, 7) is 7.16. The highest BCUT2D eigenvalue weighted by Crippen LogP contribution is 2.35. The first kappa shape index (κ1) is 29.2. The highest BCUT2D eigenvalue weighted by molar-refractivity contribution is 5.98. The molecule has 0 aliphatic carbocycles. The van der Waals surface area contributed by atoms with Crippen LogP contribution in [0.1, 0.15) is 60.0 Å². The van der Waals surface area contributed by atoms with E-state index >= 15 is 0 Å². The van der Waals surface area contributed by atoms with Crippen molar-refractivity contribution in [2.75, 3.05) is 37.7 Å². The van der Waals surface area contributed by atoms with Crippen molar-refractivity contribution in [1.82, 2.24) is 15.1 Å². The number of ether oxygens (including phenoxy) is 1. The molecular formula is C36H35N5O3. The standard InChI is InChI=1S/C36H35N5O3/c1-3-9-30-12-8-15-41(30)36(42)29-22-27(31-13-7-14-33(32(31)24-37)40-16-18-43-19-17-40)21-28(23-29)35-39-38-34(44-35)25(2)20-26-10-5-4-6-11-26/h4-7,10-11,13-14,21-23,25,30H,8,12,15-20H2,1-2H3. The zero-order valence-electron chi connectivity index (χ0n) is 25.1. The number of amides is 1. The van der Waals surface area contributed by atoms with Gasteiger partial charge in [0.1, 0.15) is 6.07 Å². The van der Waals surface area contributed by atoms with E-state index in [1.807, 2.05) is 59.5 Å². The maximum absolute atomic E-state index is 14.0. The number of hydrogen-bond donors (Lipinski definition) is 0. The predicted octanol–water partition coefficient (Wildman–Crippen LogP) is 6.09. The molecule has 2 atom stereocenters. The number of carbonyl (C=O) groups is 1. The number of nitrogens with zero attached hydrogens (tertiary/aromatic N) is 5. The van der Waals surface area contributed by atoms with Gasteiger partial charge in [-0.2, -0.15) is 5.26 Å². The van der Waals surface area contributed by atoms with E-state index in [-0.39, 0.29) is 17.9 Å². The lowest BCUT2D eigenvalue weighted by Gasteiger charge is -2.30. The number of nitriles is 1. The van der Waals surface area contributed by atoms with E-state index in [0.29, 0.717) is 61.3 Å². The number of aromatic nitrogens is 2. The quantitative estimate of drug-likeness (QED) is 0.242. The average Bonchev–Trinajstić information content (AvgIpc) is 3.76. The molecule has 4 aromatic rings. The highest BCUT2D eigenvalue weighted by Gasteiger charge is 2.29. The SMILES string of the molecule is CC#CC1CCCN1C(=O)c1cc(-c2nnc(C(C)Cc3ccccc3)o2)cc(-c2cccc(N3CCOCC3)c2C#N)c1. The summed E-state index contributed by atoms with van der Waals surface area (Å²) in [5.41, 5.74) is 5.23. The van der Waals surface area contributed by atoms with E-state index in [4.69, 9.17) is 9.15 Å². The Balaban J connectivity index is 1.41. The first-order chi connectivity index (χ1) is 21.6. The number of rotatable bonds is 7. The summed E-state index contributed by atoms with van der Waals surface area (Å²) in [5.74, 6) is 6.95. The fourth-order valence-corrected chi connectivity index (χ4v) is 6.09. The lowest BCUT2D eigenvalue weighted by molar-refractivity contribution is 0.0766. The van der Waals surface area contributed by atoms with Gasteiger partial charge in [0.2, 0.25) is 11.8 Å². The zero-order valence-corrected chi connectivity index (χ0v) is 25.1. The Bertz CT molecular complexity index is 1740. The molecule has 6 rings (SSSR count). The normalized spacial score (nSPS) is 17.1. The minimum atomic E-state index is -0.118. The lowest BCUT2D eigenvalue weighted by atomic mass is 9.94. The molecule has 1 aromatic heterocycles. The summed E-state index contributed by atoms with van der Waals surface area (Å²) in [6, 6.07) is 24.0. The van der Waals surface area contributed by atoms with Crippen LogP contribution >= 0.6 is 0 Å². The molecule has 2 aliphatic rings. The topological polar surface area (TPSA) is 95.5 Å². The van der Waals surface area contributed by atoms with Crippen LogP contribution in [0.5, 0.6) is 0 Å². The molecule has 8 nitrogen and oxygen atoms in total. The molecule has 2 saturated heterocycles. The Kier molecular flexibility index (Phi) is 8.72. The molecule has 3 heterocycles. The second kappa shape index (κ2) is 13.2. The minimum Gasteiger partial charge on any atom is -0.420 e. The maximum atomic E-state index is 14.0. The van der Waals surface area contributed by atoms with E-state index in [2.05, 4.69) is 52.1 Å². The van der Waals surface area contributed by atoms with Crippen LogP contribution in [0.15, 0.2) is 71.1 Å². The summed E-state index contributed by atoms with van der Waals surface area (Å²) in [5, 5.41) is 19.2. The molecule has 0 radical (unpaired) electrons. The van der Waals surface area contributed by atoms with Crippen LogP contribution < -0.4 is 4.90 Å². The Morgan fingerprint density at radius 2 is 1.82 bits per heavy atom. The number of anilines is 1. The monoisotopic (exact) mass is 585 g/mol. The van der Waals surface area contributed by atoms with E-state index < -0.39 is 0 Å². The summed E-state index contributed by atoms with van der Waals surface area (Å²) >= 11 is 0. The molecule has 3 aromatic carbocycles. The fourth-order valence-electron chi connectivity index (χ4n) is 6.09. The molecule has 2 unspecified atom stereocenters. The molecule has 222 valence electrons. The van der Waals surface area contributed by atoms with Gasteiger partial charge in [-0.05, 0) is 61.6 Å². The maximum Gasteiger partial charge on any atom is 0.254 e. The van der Waals surface area contributed by atoms with Crippen molar-refractivity contribution in [3.05, 3.63) is 89.3 Å². The highest BCUT2D eigenvalue weighted by atomic mass is 16.5. The Labute approximate surface area is 258 Å². The molecule has 2 aliphatic heterocycles. The Hall–Kier alpha value is -4.92. The Morgan fingerprint density at radius 1 is 1.02 bits per heavy atom. The summed E-state index contributed by atoms with van der Waals surface area (Å²) in [4.78, 5) is 18.0. The number of morpholine rings is 1. The summed E-state index contributed by atoms with van der Waals surface area (Å²) in [6.07, 6.45) is 2.52. The average molecular weight is 586 g/mol. The van der Waals surface area contributed by atoms with Crippen LogP contribution in [-0.4, -0.2) is 59.9 Å². The third-order valence-corrected chi connectivity index (χ3v) is 8.32. The number of benzene rings is 3. The van der Waals surface area contributed by atoms with Crippen LogP contribution in [-0.2, 0) is 11.2 Å². The van der Waals surface area contributed by atoms with Crippen LogP contribution in [0, 0.1) is 23.2 Å². The largest absolute Gasteiger partial charge is 0.420 e. The first-order valence-electron chi connectivity index (χ1n) is 15.2. The van der Waals surface area contributed by atoms with Gasteiger partial charge in [0, 0.05) is 42.2 Å². The van der Waals surface area contributed by atoms with Crippen molar-refractivity contribution in [2.24, 2.45) is 0 Å². The van der Waals surface area contributed by atoms with Crippen molar-refractivity contribution in [3.63, 3.8) is 0 Å². The third kappa shape index (κ3) is 6.08. The smallest absolute Gasteiger partial charge is 0.254 e. The van der Waals surface area contributed by atoms with Crippen molar-refractivity contribution in [3.8, 4) is 40.5 Å². The number of carbonyl (C=O) groups excluding carboxylic acids is 1. The van der Waals surface area contributed by atoms with E-state index in [0.717, 1.165) is 36.1 Å². The molecular weight excluding hydrogens is 550 g/mol. The van der Waals surface area contributed by atoms with Crippen LogP contribution in [0.3, 0.4) is 0 Å². The van der Waals surface area contributed by atoms with Crippen LogP contribution in [0.2, 0.25) is 0 Å². The molecule has 8 heteroatoms. The molecule has 0 spiro atoms. The first-order valence-corrected chi connectivity index (χ1v) is 15.2. The fraction of sp³-hybridized carbons (Fsp3) is 0.333. The van der Waals surface area contributed by atoms with Crippen molar-refractivity contribution >= 4 is 11.6 Å². The van der Waals surface area contributed by atoms with Crippen molar-refractivity contribution in [2.45, 2.75) is 45.1 Å². The van der Waals surface area contributed by atoms with Gasteiger partial charge in [-0.1, -0.05) is 55.3 Å². The van der Waals surface area contributed by atoms with E-state index in [9.17, 15) is 10.1 Å². The second-order valence-electron chi connectivity index (χ2n) is 11.3. The third-order valence-electron chi connectivity index (χ3n) is 8.32. The number of hydrogen-bond acceptors (Lipinski definition) is 7. The number of likely N-dealkylation sites (tertiary alicyclic amines) is 1. The van der Waals surface area contributed by atoms with Gasteiger partial charge >= 0.3 is 0 Å². The molecule has 1 amide bonds. The molecule has 44 heavy (non-hydrogen) atoms. The Morgan fingerprint density at radius 3 is 2.59 bits per heavy atom. The minimum absolute atomic E-state index is 0.0105. The van der Waals surface area contributed by atoms with Crippen LogP contribution in [0.4, 0.5) is 5.69 Å². The van der Waals surface area contributed by atoms with Gasteiger partial charge in [-0.25, -0.2) is 0 Å². The van der Waals surface area contributed by atoms with Gasteiger partial charge < -0.3 is 19.0 Å². The van der Waals surface area contributed by atoms with Crippen molar-refractivity contribution < 1.29 is 13.9 Å². The van der Waals surface area contributed by atoms with Gasteiger partial charge in [0.05, 0.1) is 30.5 Å². The van der Waals surface area contributed by atoms with Crippen molar-refractivity contribution in [1.29, 1.82) is 5.26 Å². The van der Waals surface area contributed by atoms with E-state index in [1.54, 1.807) is 6.92 Å². The van der Waals surface area contributed by atoms with Gasteiger partial charge in [-0.3, -0.25) is 4.79 Å². The zero-order chi connectivity index (χ0) is 30.5. The van der Waals surface area contributed by atoms with E-state index in [1.165, 1.54) is 5.56 Å². The molecule has 0 bridgehead atoms. The predicted molar refractivity (Wildman–Crippen MR) is 169 cm³/mol. The van der Waals surface area contributed by atoms with Gasteiger partial charge in [0.25, 0.3) is 5.91 Å².